The first-order valence-electron chi connectivity index (χ1n) is 9.14. The average molecular weight is 454 g/mol. The molecule has 0 aromatic heterocycles. The number of hydrogen-bond acceptors (Lipinski definition) is 5. The van der Waals surface area contributed by atoms with Crippen LogP contribution in [0, 0.1) is 5.92 Å². The van der Waals surface area contributed by atoms with Gasteiger partial charge in [-0.1, -0.05) is 52.1 Å². The average Bonchev–Trinajstić information content (AvgIpc) is 3.08. The summed E-state index contributed by atoms with van der Waals surface area (Å²) in [5.41, 5.74) is 3.04. The molecule has 0 aliphatic carbocycles. The van der Waals surface area contributed by atoms with E-state index in [0.717, 1.165) is 22.5 Å². The Morgan fingerprint density at radius 3 is 2.38 bits per heavy atom. The number of methoxy groups -OCH3 is 1. The Hall–Kier alpha value is -1.95. The van der Waals surface area contributed by atoms with Crippen LogP contribution in [0.3, 0.4) is 0 Å². The van der Waals surface area contributed by atoms with Crippen LogP contribution < -0.4 is 4.90 Å². The number of oxime groups is 1. The third kappa shape index (κ3) is 3.79. The predicted molar refractivity (Wildman–Crippen MR) is 115 cm³/mol. The SMILES string of the molecule is COC(=O)C1CN(c2ccc(C3=NOC(C)(c4cc(Cl)c(Cl)c(Cl)c4)C3)cc2)C1. The minimum atomic E-state index is -0.670. The van der Waals surface area contributed by atoms with Crippen molar-refractivity contribution in [1.82, 2.24) is 0 Å². The van der Waals surface area contributed by atoms with Gasteiger partial charge in [0.2, 0.25) is 0 Å². The molecule has 0 N–H and O–H groups in total. The third-order valence-electron chi connectivity index (χ3n) is 5.44. The highest BCUT2D eigenvalue weighted by molar-refractivity contribution is 6.48. The Morgan fingerprint density at radius 1 is 1.17 bits per heavy atom. The summed E-state index contributed by atoms with van der Waals surface area (Å²) in [5.74, 6) is -0.206. The lowest BCUT2D eigenvalue weighted by Gasteiger charge is -2.39. The molecular formula is C21H19Cl3N2O3. The van der Waals surface area contributed by atoms with Gasteiger partial charge in [-0.25, -0.2) is 0 Å². The van der Waals surface area contributed by atoms with Gasteiger partial charge in [-0.05, 0) is 36.8 Å². The summed E-state index contributed by atoms with van der Waals surface area (Å²) in [5, 5.41) is 5.40. The van der Waals surface area contributed by atoms with Gasteiger partial charge in [0.15, 0.2) is 5.60 Å². The maximum Gasteiger partial charge on any atom is 0.312 e. The Balaban J connectivity index is 1.45. The van der Waals surface area contributed by atoms with Gasteiger partial charge < -0.3 is 14.5 Å². The lowest BCUT2D eigenvalue weighted by molar-refractivity contribution is -0.146. The number of halogens is 3. The quantitative estimate of drug-likeness (QED) is 0.466. The number of anilines is 1. The molecule has 2 aliphatic rings. The molecule has 29 heavy (non-hydrogen) atoms. The Bertz CT molecular complexity index is 964. The molecule has 5 nitrogen and oxygen atoms in total. The first-order valence-corrected chi connectivity index (χ1v) is 10.3. The van der Waals surface area contributed by atoms with Crippen LogP contribution in [0.2, 0.25) is 15.1 Å². The van der Waals surface area contributed by atoms with E-state index in [1.807, 2.05) is 31.2 Å². The van der Waals surface area contributed by atoms with E-state index >= 15 is 0 Å². The molecule has 0 bridgehead atoms. The van der Waals surface area contributed by atoms with Crippen molar-refractivity contribution in [2.75, 3.05) is 25.1 Å². The smallest absolute Gasteiger partial charge is 0.312 e. The maximum absolute atomic E-state index is 11.5. The first-order chi connectivity index (χ1) is 13.8. The number of esters is 1. The lowest BCUT2D eigenvalue weighted by Crippen LogP contribution is -2.50. The van der Waals surface area contributed by atoms with E-state index in [4.69, 9.17) is 44.4 Å². The van der Waals surface area contributed by atoms with Crippen molar-refractivity contribution in [2.45, 2.75) is 18.9 Å². The molecule has 1 fully saturated rings. The molecule has 2 aliphatic heterocycles. The Morgan fingerprint density at radius 2 is 1.79 bits per heavy atom. The molecule has 2 aromatic rings. The first kappa shape index (κ1) is 20.3. The number of benzene rings is 2. The molecule has 8 heteroatoms. The van der Waals surface area contributed by atoms with Crippen molar-refractivity contribution in [3.05, 3.63) is 62.6 Å². The van der Waals surface area contributed by atoms with Crippen LogP contribution in [0.4, 0.5) is 5.69 Å². The van der Waals surface area contributed by atoms with Crippen molar-refractivity contribution < 1.29 is 14.4 Å². The van der Waals surface area contributed by atoms with Gasteiger partial charge in [0.05, 0.1) is 33.8 Å². The van der Waals surface area contributed by atoms with Crippen molar-refractivity contribution in [3.63, 3.8) is 0 Å². The molecule has 1 unspecified atom stereocenters. The molecular weight excluding hydrogens is 435 g/mol. The fraction of sp³-hybridized carbons (Fsp3) is 0.333. The molecule has 4 rings (SSSR count). The second-order valence-electron chi connectivity index (χ2n) is 7.46. The second kappa shape index (κ2) is 7.71. The third-order valence-corrected chi connectivity index (χ3v) is 6.64. The summed E-state index contributed by atoms with van der Waals surface area (Å²) in [7, 11) is 1.42. The maximum atomic E-state index is 11.5. The largest absolute Gasteiger partial charge is 0.469 e. The molecule has 0 amide bonds. The van der Waals surface area contributed by atoms with E-state index in [9.17, 15) is 4.79 Å². The minimum Gasteiger partial charge on any atom is -0.469 e. The molecule has 2 aromatic carbocycles. The van der Waals surface area contributed by atoms with Crippen LogP contribution >= 0.6 is 34.8 Å². The normalized spacial score (nSPS) is 21.4. The minimum absolute atomic E-state index is 0.0500. The summed E-state index contributed by atoms with van der Waals surface area (Å²) in [6.45, 7) is 3.29. The van der Waals surface area contributed by atoms with E-state index in [0.29, 0.717) is 34.6 Å². The van der Waals surface area contributed by atoms with Crippen molar-refractivity contribution in [3.8, 4) is 0 Å². The zero-order chi connectivity index (χ0) is 20.8. The molecule has 0 radical (unpaired) electrons. The highest BCUT2D eigenvalue weighted by Crippen LogP contribution is 2.41. The molecule has 0 saturated carbocycles. The predicted octanol–water partition coefficient (Wildman–Crippen LogP) is 5.30. The van der Waals surface area contributed by atoms with E-state index in [2.05, 4.69) is 10.1 Å². The Kier molecular flexibility index (Phi) is 5.40. The second-order valence-corrected chi connectivity index (χ2v) is 8.66. The van der Waals surface area contributed by atoms with Gasteiger partial charge in [0.25, 0.3) is 0 Å². The van der Waals surface area contributed by atoms with Gasteiger partial charge in [0, 0.05) is 30.8 Å². The topological polar surface area (TPSA) is 51.1 Å². The molecule has 0 spiro atoms. The zero-order valence-electron chi connectivity index (χ0n) is 15.9. The van der Waals surface area contributed by atoms with Crippen molar-refractivity contribution in [1.29, 1.82) is 0 Å². The van der Waals surface area contributed by atoms with Gasteiger partial charge in [0.1, 0.15) is 0 Å². The molecule has 1 atom stereocenters. The standard InChI is InChI=1S/C21H19Cl3N2O3/c1-21(14-7-16(22)19(24)17(23)8-14)9-18(25-29-21)12-3-5-15(6-4-12)26-10-13(11-26)20(27)28-2/h3-8,13H,9-11H2,1-2H3. The van der Waals surface area contributed by atoms with Gasteiger partial charge in [-0.2, -0.15) is 0 Å². The number of hydrogen-bond donors (Lipinski definition) is 0. The van der Waals surface area contributed by atoms with Crippen LogP contribution in [-0.2, 0) is 20.0 Å². The van der Waals surface area contributed by atoms with E-state index < -0.39 is 5.60 Å². The molecule has 152 valence electrons. The summed E-state index contributed by atoms with van der Waals surface area (Å²) in [6.07, 6.45) is 0.578. The summed E-state index contributed by atoms with van der Waals surface area (Å²) >= 11 is 18.4. The van der Waals surface area contributed by atoms with E-state index in [-0.39, 0.29) is 11.9 Å². The van der Waals surface area contributed by atoms with Crippen LogP contribution in [0.1, 0.15) is 24.5 Å². The number of carbonyl (C=O) groups excluding carboxylic acids is 1. The van der Waals surface area contributed by atoms with Crippen molar-refractivity contribution >= 4 is 52.2 Å². The van der Waals surface area contributed by atoms with Crippen LogP contribution in [0.5, 0.6) is 0 Å². The van der Waals surface area contributed by atoms with Crippen molar-refractivity contribution in [2.24, 2.45) is 11.1 Å². The monoisotopic (exact) mass is 452 g/mol. The highest BCUT2D eigenvalue weighted by Gasteiger charge is 2.38. The lowest BCUT2D eigenvalue weighted by atomic mass is 9.89. The summed E-state index contributed by atoms with van der Waals surface area (Å²) < 4.78 is 4.78. The molecule has 1 saturated heterocycles. The zero-order valence-corrected chi connectivity index (χ0v) is 18.2. The molecule has 2 heterocycles. The van der Waals surface area contributed by atoms with E-state index in [1.165, 1.54) is 7.11 Å². The van der Waals surface area contributed by atoms with Crippen LogP contribution in [0.25, 0.3) is 0 Å². The van der Waals surface area contributed by atoms with Crippen LogP contribution in [-0.4, -0.2) is 31.9 Å². The van der Waals surface area contributed by atoms with E-state index in [1.54, 1.807) is 12.1 Å². The number of nitrogens with zero attached hydrogens (tertiary/aromatic N) is 2. The van der Waals surface area contributed by atoms with Gasteiger partial charge >= 0.3 is 5.97 Å². The summed E-state index contributed by atoms with van der Waals surface area (Å²) in [4.78, 5) is 19.4. The summed E-state index contributed by atoms with van der Waals surface area (Å²) in [6, 6.07) is 11.6. The van der Waals surface area contributed by atoms with Crippen LogP contribution in [0.15, 0.2) is 41.6 Å². The highest BCUT2D eigenvalue weighted by atomic mass is 35.5. The van der Waals surface area contributed by atoms with Gasteiger partial charge in [-0.3, -0.25) is 4.79 Å². The number of carbonyl (C=O) groups is 1. The van der Waals surface area contributed by atoms with Gasteiger partial charge in [-0.15, -0.1) is 0 Å². The number of rotatable bonds is 4. The fourth-order valence-electron chi connectivity index (χ4n) is 3.58. The number of ether oxygens (including phenoxy) is 1. The Labute approximate surface area is 184 Å². The fourth-order valence-corrected chi connectivity index (χ4v) is 4.18.